The van der Waals surface area contributed by atoms with Crippen LogP contribution in [-0.2, 0) is 4.79 Å². The number of carbonyl (C=O) groups is 1. The van der Waals surface area contributed by atoms with Crippen LogP contribution >= 0.6 is 0 Å². The third kappa shape index (κ3) is 2.94. The summed E-state index contributed by atoms with van der Waals surface area (Å²) in [5.74, 6) is 0.0871. The van der Waals surface area contributed by atoms with Crippen LogP contribution in [0.5, 0.6) is 0 Å². The summed E-state index contributed by atoms with van der Waals surface area (Å²) in [6.07, 6.45) is 2.80. The molecule has 0 aliphatic carbocycles. The molecule has 4 nitrogen and oxygen atoms in total. The van der Waals surface area contributed by atoms with Gasteiger partial charge < -0.3 is 10.6 Å². The van der Waals surface area contributed by atoms with Gasteiger partial charge in [0.05, 0.1) is 17.0 Å². The summed E-state index contributed by atoms with van der Waals surface area (Å²) in [5.41, 5.74) is 1.08. The smallest absolute Gasteiger partial charge is 0.231 e. The van der Waals surface area contributed by atoms with Gasteiger partial charge in [0.1, 0.15) is 0 Å². The van der Waals surface area contributed by atoms with E-state index in [2.05, 4.69) is 23.6 Å². The van der Waals surface area contributed by atoms with E-state index in [1.54, 1.807) is 24.3 Å². The van der Waals surface area contributed by atoms with Gasteiger partial charge in [-0.3, -0.25) is 4.79 Å². The van der Waals surface area contributed by atoms with E-state index in [0.29, 0.717) is 5.56 Å². The minimum Gasteiger partial charge on any atom is -0.326 e. The van der Waals surface area contributed by atoms with Crippen LogP contribution in [0.15, 0.2) is 24.3 Å². The maximum absolute atomic E-state index is 12.5. The second-order valence-corrected chi connectivity index (χ2v) is 5.10. The molecule has 1 aromatic rings. The zero-order chi connectivity index (χ0) is 13.7. The van der Waals surface area contributed by atoms with Gasteiger partial charge in [-0.2, -0.15) is 5.26 Å². The second kappa shape index (κ2) is 5.85. The molecule has 1 atom stereocenters. The lowest BCUT2D eigenvalue weighted by molar-refractivity contribution is -0.125. The number of rotatable bonds is 4. The monoisotopic (exact) mass is 257 g/mol. The maximum atomic E-state index is 12.5. The molecule has 1 aliphatic rings. The van der Waals surface area contributed by atoms with E-state index in [9.17, 15) is 4.79 Å². The number of hydrogen-bond acceptors (Lipinski definition) is 3. The largest absolute Gasteiger partial charge is 0.326 e. The maximum Gasteiger partial charge on any atom is 0.231 e. The molecule has 0 bridgehead atoms. The van der Waals surface area contributed by atoms with Gasteiger partial charge in [-0.05, 0) is 43.7 Å². The van der Waals surface area contributed by atoms with Crippen LogP contribution in [-0.4, -0.2) is 19.0 Å². The van der Waals surface area contributed by atoms with Gasteiger partial charge in [-0.1, -0.05) is 13.3 Å². The summed E-state index contributed by atoms with van der Waals surface area (Å²) in [6.45, 7) is 3.76. The topological polar surface area (TPSA) is 64.9 Å². The predicted molar refractivity (Wildman–Crippen MR) is 74.6 cm³/mol. The fourth-order valence-corrected chi connectivity index (χ4v) is 2.63. The minimum atomic E-state index is -0.275. The predicted octanol–water partition coefficient (Wildman–Crippen LogP) is 2.28. The van der Waals surface area contributed by atoms with Crippen LogP contribution in [0.1, 0.15) is 31.7 Å². The van der Waals surface area contributed by atoms with Gasteiger partial charge in [0, 0.05) is 12.2 Å². The Bertz CT molecular complexity index is 481. The Morgan fingerprint density at radius 3 is 2.74 bits per heavy atom. The Hall–Kier alpha value is -1.86. The molecule has 1 aromatic carbocycles. The van der Waals surface area contributed by atoms with Crippen LogP contribution < -0.4 is 10.6 Å². The molecule has 0 aromatic heterocycles. The van der Waals surface area contributed by atoms with Crippen molar-refractivity contribution in [3.63, 3.8) is 0 Å². The molecule has 1 saturated heterocycles. The molecular weight excluding hydrogens is 238 g/mol. The second-order valence-electron chi connectivity index (χ2n) is 5.10. The minimum absolute atomic E-state index is 0.0871. The zero-order valence-electron chi connectivity index (χ0n) is 11.2. The van der Waals surface area contributed by atoms with Crippen molar-refractivity contribution in [2.75, 3.05) is 18.4 Å². The third-order valence-electron chi connectivity index (χ3n) is 3.73. The van der Waals surface area contributed by atoms with E-state index < -0.39 is 0 Å². The fraction of sp³-hybridized carbons (Fsp3) is 0.467. The summed E-state index contributed by atoms with van der Waals surface area (Å²) in [4.78, 5) is 12.5. The molecular formula is C15H19N3O. The highest BCUT2D eigenvalue weighted by atomic mass is 16.2. The highest BCUT2D eigenvalue weighted by molar-refractivity contribution is 5.95. The Labute approximate surface area is 113 Å². The highest BCUT2D eigenvalue weighted by Crippen LogP contribution is 2.32. The number of nitriles is 1. The van der Waals surface area contributed by atoms with Gasteiger partial charge in [-0.25, -0.2) is 0 Å². The van der Waals surface area contributed by atoms with E-state index in [4.69, 9.17) is 5.26 Å². The zero-order valence-corrected chi connectivity index (χ0v) is 11.2. The number of amides is 1. The normalized spacial score (nSPS) is 21.9. The number of anilines is 1. The summed E-state index contributed by atoms with van der Waals surface area (Å²) in [7, 11) is 0. The first kappa shape index (κ1) is 13.6. The standard InChI is InChI=1S/C15H19N3O/c1-2-7-15(8-9-17-11-15)14(19)18-13-5-3-12(10-16)4-6-13/h3-6,17H,2,7-9,11H2,1H3,(H,18,19). The van der Waals surface area contributed by atoms with Gasteiger partial charge in [0.25, 0.3) is 0 Å². The number of nitrogens with zero attached hydrogens (tertiary/aromatic N) is 1. The molecule has 1 unspecified atom stereocenters. The van der Waals surface area contributed by atoms with Gasteiger partial charge in [0.15, 0.2) is 0 Å². The lowest BCUT2D eigenvalue weighted by Crippen LogP contribution is -2.38. The summed E-state index contributed by atoms with van der Waals surface area (Å²) < 4.78 is 0. The van der Waals surface area contributed by atoms with E-state index in [0.717, 1.165) is 38.0 Å². The number of hydrogen-bond donors (Lipinski definition) is 2. The molecule has 1 fully saturated rings. The van der Waals surface area contributed by atoms with Crippen molar-refractivity contribution in [2.24, 2.45) is 5.41 Å². The van der Waals surface area contributed by atoms with E-state index in [1.165, 1.54) is 0 Å². The molecule has 0 radical (unpaired) electrons. The first-order chi connectivity index (χ1) is 9.20. The molecule has 4 heteroatoms. The highest BCUT2D eigenvalue weighted by Gasteiger charge is 2.40. The van der Waals surface area contributed by atoms with Crippen molar-refractivity contribution in [3.8, 4) is 6.07 Å². The van der Waals surface area contributed by atoms with Crippen molar-refractivity contribution in [1.29, 1.82) is 5.26 Å². The molecule has 0 spiro atoms. The molecule has 0 saturated carbocycles. The fourth-order valence-electron chi connectivity index (χ4n) is 2.63. The average molecular weight is 257 g/mol. The Morgan fingerprint density at radius 1 is 1.47 bits per heavy atom. The van der Waals surface area contributed by atoms with Crippen molar-refractivity contribution >= 4 is 11.6 Å². The van der Waals surface area contributed by atoms with Crippen LogP contribution in [0.4, 0.5) is 5.69 Å². The van der Waals surface area contributed by atoms with Gasteiger partial charge in [0.2, 0.25) is 5.91 Å². The van der Waals surface area contributed by atoms with E-state index in [-0.39, 0.29) is 11.3 Å². The van der Waals surface area contributed by atoms with Crippen molar-refractivity contribution in [1.82, 2.24) is 5.32 Å². The molecule has 2 N–H and O–H groups in total. The molecule has 1 amide bonds. The molecule has 1 aliphatic heterocycles. The Balaban J connectivity index is 2.08. The summed E-state index contributed by atoms with van der Waals surface area (Å²) >= 11 is 0. The first-order valence-corrected chi connectivity index (χ1v) is 6.72. The number of carbonyl (C=O) groups excluding carboxylic acids is 1. The van der Waals surface area contributed by atoms with Gasteiger partial charge in [-0.15, -0.1) is 0 Å². The van der Waals surface area contributed by atoms with Crippen molar-refractivity contribution < 1.29 is 4.79 Å². The lowest BCUT2D eigenvalue weighted by Gasteiger charge is -2.26. The van der Waals surface area contributed by atoms with Crippen molar-refractivity contribution in [3.05, 3.63) is 29.8 Å². The average Bonchev–Trinajstić information content (AvgIpc) is 2.90. The molecule has 2 rings (SSSR count). The first-order valence-electron chi connectivity index (χ1n) is 6.72. The molecule has 100 valence electrons. The van der Waals surface area contributed by atoms with E-state index in [1.807, 2.05) is 0 Å². The number of nitrogens with one attached hydrogen (secondary N) is 2. The number of benzene rings is 1. The lowest BCUT2D eigenvalue weighted by atomic mass is 9.81. The summed E-state index contributed by atoms with van der Waals surface area (Å²) in [5, 5.41) is 15.0. The van der Waals surface area contributed by atoms with Crippen LogP contribution in [0.25, 0.3) is 0 Å². The quantitative estimate of drug-likeness (QED) is 0.869. The summed E-state index contributed by atoms with van der Waals surface area (Å²) in [6, 6.07) is 9.05. The van der Waals surface area contributed by atoms with E-state index >= 15 is 0 Å². The molecule has 19 heavy (non-hydrogen) atoms. The van der Waals surface area contributed by atoms with Crippen LogP contribution in [0.2, 0.25) is 0 Å². The SMILES string of the molecule is CCCC1(C(=O)Nc2ccc(C#N)cc2)CCNC1. The Kier molecular flexibility index (Phi) is 4.18. The van der Waals surface area contributed by atoms with Crippen LogP contribution in [0.3, 0.4) is 0 Å². The van der Waals surface area contributed by atoms with Crippen molar-refractivity contribution in [2.45, 2.75) is 26.2 Å². The van der Waals surface area contributed by atoms with Crippen LogP contribution in [0, 0.1) is 16.7 Å². The van der Waals surface area contributed by atoms with Gasteiger partial charge >= 0.3 is 0 Å². The third-order valence-corrected chi connectivity index (χ3v) is 3.73. The molecule has 1 heterocycles. The Morgan fingerprint density at radius 2 is 2.21 bits per heavy atom.